The van der Waals surface area contributed by atoms with Gasteiger partial charge in [0.05, 0.1) is 6.54 Å². The molecule has 0 aliphatic rings. The molecule has 1 aromatic carbocycles. The Morgan fingerprint density at radius 2 is 1.89 bits per heavy atom. The summed E-state index contributed by atoms with van der Waals surface area (Å²) >= 11 is 0. The van der Waals surface area contributed by atoms with Gasteiger partial charge in [0.15, 0.2) is 0 Å². The van der Waals surface area contributed by atoms with Crippen molar-refractivity contribution in [3.8, 4) is 0 Å². The van der Waals surface area contributed by atoms with Gasteiger partial charge in [-0.05, 0) is 44.4 Å². The molecule has 0 aliphatic heterocycles. The van der Waals surface area contributed by atoms with E-state index in [2.05, 4.69) is 24.4 Å². The Hall–Kier alpha value is -1.51. The molecule has 0 atom stereocenters. The van der Waals surface area contributed by atoms with Gasteiger partial charge in [-0.25, -0.2) is 0 Å². The van der Waals surface area contributed by atoms with Crippen molar-refractivity contribution < 1.29 is 4.79 Å². The molecule has 0 radical (unpaired) electrons. The lowest BCUT2D eigenvalue weighted by Gasteiger charge is -2.21. The van der Waals surface area contributed by atoms with Crippen LogP contribution in [0.15, 0.2) is 24.3 Å². The number of rotatable bonds is 7. The molecule has 0 spiro atoms. The maximum atomic E-state index is 11.8. The van der Waals surface area contributed by atoms with Crippen LogP contribution in [0.2, 0.25) is 0 Å². The van der Waals surface area contributed by atoms with E-state index in [4.69, 9.17) is 0 Å². The second kappa shape index (κ2) is 7.82. The number of nitrogens with one attached hydrogen (secondary N) is 1. The SMILES string of the molecule is CCCCc1ccc(NCC(=O)N(C)C(C)C)cc1. The van der Waals surface area contributed by atoms with Crippen molar-refractivity contribution in [2.75, 3.05) is 18.9 Å². The van der Waals surface area contributed by atoms with Crippen molar-refractivity contribution in [3.63, 3.8) is 0 Å². The summed E-state index contributed by atoms with van der Waals surface area (Å²) in [5, 5.41) is 3.17. The van der Waals surface area contributed by atoms with Gasteiger partial charge in [-0.3, -0.25) is 4.79 Å². The second-order valence-corrected chi connectivity index (χ2v) is 5.25. The number of hydrogen-bond donors (Lipinski definition) is 1. The first-order valence-corrected chi connectivity index (χ1v) is 7.13. The molecule has 0 heterocycles. The third kappa shape index (κ3) is 5.33. The first-order chi connectivity index (χ1) is 9.04. The minimum Gasteiger partial charge on any atom is -0.376 e. The van der Waals surface area contributed by atoms with E-state index in [1.807, 2.05) is 33.0 Å². The molecule has 1 rings (SSSR count). The topological polar surface area (TPSA) is 32.3 Å². The molecule has 106 valence electrons. The minimum absolute atomic E-state index is 0.116. The van der Waals surface area contributed by atoms with E-state index in [9.17, 15) is 4.79 Å². The zero-order valence-corrected chi connectivity index (χ0v) is 12.6. The van der Waals surface area contributed by atoms with Crippen LogP contribution in [-0.2, 0) is 11.2 Å². The molecule has 3 nitrogen and oxygen atoms in total. The number of benzene rings is 1. The fraction of sp³-hybridized carbons (Fsp3) is 0.562. The van der Waals surface area contributed by atoms with E-state index in [-0.39, 0.29) is 11.9 Å². The van der Waals surface area contributed by atoms with Gasteiger partial charge in [-0.2, -0.15) is 0 Å². The van der Waals surface area contributed by atoms with E-state index in [0.29, 0.717) is 6.54 Å². The summed E-state index contributed by atoms with van der Waals surface area (Å²) in [7, 11) is 1.84. The monoisotopic (exact) mass is 262 g/mol. The lowest BCUT2D eigenvalue weighted by molar-refractivity contribution is -0.129. The molecule has 0 saturated carbocycles. The average Bonchev–Trinajstić information content (AvgIpc) is 2.42. The largest absolute Gasteiger partial charge is 0.376 e. The van der Waals surface area contributed by atoms with Crippen LogP contribution in [-0.4, -0.2) is 30.4 Å². The summed E-state index contributed by atoms with van der Waals surface area (Å²) in [6.45, 7) is 6.58. The maximum absolute atomic E-state index is 11.8. The fourth-order valence-electron chi connectivity index (χ4n) is 1.76. The molecule has 1 aromatic rings. The third-order valence-corrected chi connectivity index (χ3v) is 3.38. The summed E-state index contributed by atoms with van der Waals surface area (Å²) in [5.41, 5.74) is 2.36. The summed E-state index contributed by atoms with van der Waals surface area (Å²) in [6, 6.07) is 8.61. The number of carbonyl (C=O) groups excluding carboxylic acids is 1. The van der Waals surface area contributed by atoms with Crippen molar-refractivity contribution in [3.05, 3.63) is 29.8 Å². The highest BCUT2D eigenvalue weighted by molar-refractivity contribution is 5.80. The van der Waals surface area contributed by atoms with Crippen LogP contribution in [0.3, 0.4) is 0 Å². The molecule has 0 fully saturated rings. The molecule has 0 saturated heterocycles. The van der Waals surface area contributed by atoms with Gasteiger partial charge in [-0.15, -0.1) is 0 Å². The highest BCUT2D eigenvalue weighted by atomic mass is 16.2. The summed E-state index contributed by atoms with van der Waals surface area (Å²) in [5.74, 6) is 0.116. The summed E-state index contributed by atoms with van der Waals surface area (Å²) < 4.78 is 0. The first kappa shape index (κ1) is 15.5. The van der Waals surface area contributed by atoms with Crippen molar-refractivity contribution in [2.24, 2.45) is 0 Å². The van der Waals surface area contributed by atoms with Gasteiger partial charge < -0.3 is 10.2 Å². The molecule has 3 heteroatoms. The smallest absolute Gasteiger partial charge is 0.241 e. The molecule has 0 bridgehead atoms. The van der Waals surface area contributed by atoms with Gasteiger partial charge in [0, 0.05) is 18.8 Å². The van der Waals surface area contributed by atoms with E-state index in [1.165, 1.54) is 18.4 Å². The van der Waals surface area contributed by atoms with Crippen LogP contribution in [0.4, 0.5) is 5.69 Å². The zero-order valence-electron chi connectivity index (χ0n) is 12.6. The molecule has 0 aliphatic carbocycles. The Labute approximate surface area is 117 Å². The molecule has 1 N–H and O–H groups in total. The Morgan fingerprint density at radius 3 is 2.42 bits per heavy atom. The van der Waals surface area contributed by atoms with Crippen LogP contribution in [0.1, 0.15) is 39.2 Å². The lowest BCUT2D eigenvalue weighted by atomic mass is 10.1. The minimum atomic E-state index is 0.116. The number of nitrogens with zero attached hydrogens (tertiary/aromatic N) is 1. The lowest BCUT2D eigenvalue weighted by Crippen LogP contribution is -2.37. The number of hydrogen-bond acceptors (Lipinski definition) is 2. The molecule has 0 aromatic heterocycles. The van der Waals surface area contributed by atoms with Gasteiger partial charge in [0.1, 0.15) is 0 Å². The number of carbonyl (C=O) groups is 1. The van der Waals surface area contributed by atoms with Gasteiger partial charge in [0.2, 0.25) is 5.91 Å². The zero-order chi connectivity index (χ0) is 14.3. The van der Waals surface area contributed by atoms with E-state index in [0.717, 1.165) is 12.1 Å². The Morgan fingerprint density at radius 1 is 1.26 bits per heavy atom. The van der Waals surface area contributed by atoms with Crippen LogP contribution in [0.5, 0.6) is 0 Å². The maximum Gasteiger partial charge on any atom is 0.241 e. The van der Waals surface area contributed by atoms with Crippen molar-refractivity contribution in [2.45, 2.75) is 46.1 Å². The highest BCUT2D eigenvalue weighted by Gasteiger charge is 2.10. The molecular formula is C16H26N2O. The standard InChI is InChI=1S/C16H26N2O/c1-5-6-7-14-8-10-15(11-9-14)17-12-16(19)18(4)13(2)3/h8-11,13,17H,5-7,12H2,1-4H3. The van der Waals surface area contributed by atoms with Crippen LogP contribution in [0, 0.1) is 0 Å². The Kier molecular flexibility index (Phi) is 6.40. The molecular weight excluding hydrogens is 236 g/mol. The highest BCUT2D eigenvalue weighted by Crippen LogP contribution is 2.11. The summed E-state index contributed by atoms with van der Waals surface area (Å²) in [4.78, 5) is 13.6. The van der Waals surface area contributed by atoms with Crippen LogP contribution >= 0.6 is 0 Å². The first-order valence-electron chi connectivity index (χ1n) is 7.13. The number of aryl methyl sites for hydroxylation is 1. The van der Waals surface area contributed by atoms with Crippen molar-refractivity contribution in [1.29, 1.82) is 0 Å². The van der Waals surface area contributed by atoms with E-state index < -0.39 is 0 Å². The van der Waals surface area contributed by atoms with Gasteiger partial charge >= 0.3 is 0 Å². The second-order valence-electron chi connectivity index (χ2n) is 5.25. The number of likely N-dealkylation sites (N-methyl/N-ethyl adjacent to an activating group) is 1. The predicted octanol–water partition coefficient (Wildman–Crippen LogP) is 3.31. The molecule has 0 unspecified atom stereocenters. The Bertz CT molecular complexity index is 384. The normalized spacial score (nSPS) is 10.6. The average molecular weight is 262 g/mol. The number of amides is 1. The quantitative estimate of drug-likeness (QED) is 0.817. The fourth-order valence-corrected chi connectivity index (χ4v) is 1.76. The van der Waals surface area contributed by atoms with Crippen molar-refractivity contribution >= 4 is 11.6 Å². The molecule has 1 amide bonds. The van der Waals surface area contributed by atoms with Gasteiger partial charge in [-0.1, -0.05) is 25.5 Å². The van der Waals surface area contributed by atoms with E-state index >= 15 is 0 Å². The van der Waals surface area contributed by atoms with E-state index in [1.54, 1.807) is 4.90 Å². The number of unbranched alkanes of at least 4 members (excludes halogenated alkanes) is 1. The third-order valence-electron chi connectivity index (χ3n) is 3.38. The number of anilines is 1. The molecule has 19 heavy (non-hydrogen) atoms. The van der Waals surface area contributed by atoms with Crippen molar-refractivity contribution in [1.82, 2.24) is 4.90 Å². The van der Waals surface area contributed by atoms with Crippen LogP contribution < -0.4 is 5.32 Å². The predicted molar refractivity (Wildman–Crippen MR) is 81.4 cm³/mol. The van der Waals surface area contributed by atoms with Gasteiger partial charge in [0.25, 0.3) is 0 Å². The van der Waals surface area contributed by atoms with Crippen LogP contribution in [0.25, 0.3) is 0 Å². The Balaban J connectivity index is 2.43. The summed E-state index contributed by atoms with van der Waals surface area (Å²) in [6.07, 6.45) is 3.58.